The number of halogens is 2. The highest BCUT2D eigenvalue weighted by Crippen LogP contribution is 2.17. The Kier molecular flexibility index (Phi) is 8.30. The number of amides is 1. The Morgan fingerprint density at radius 3 is 2.95 bits per heavy atom. The molecule has 0 saturated carbocycles. The van der Waals surface area contributed by atoms with Gasteiger partial charge in [0.2, 0.25) is 5.91 Å². The number of carbonyl (C=O) groups is 1. The van der Waals surface area contributed by atoms with Crippen LogP contribution in [-0.2, 0) is 11.2 Å². The smallest absolute Gasteiger partial charge is 0.223 e. The van der Waals surface area contributed by atoms with Crippen molar-refractivity contribution in [3.63, 3.8) is 0 Å². The molecule has 0 aliphatic carbocycles. The van der Waals surface area contributed by atoms with Gasteiger partial charge < -0.3 is 10.6 Å². The van der Waals surface area contributed by atoms with E-state index in [2.05, 4.69) is 45.6 Å². The lowest BCUT2D eigenvalue weighted by Gasteiger charge is -2.26. The van der Waals surface area contributed by atoms with Gasteiger partial charge in [-0.2, -0.15) is 0 Å². The first-order valence-electron chi connectivity index (χ1n) is 7.44. The lowest BCUT2D eigenvalue weighted by Crippen LogP contribution is -2.47. The molecule has 2 N–H and O–H groups in total. The largest absolute Gasteiger partial charge is 0.352 e. The Balaban J connectivity index is 0.00000220. The number of benzene rings is 1. The van der Waals surface area contributed by atoms with E-state index in [0.29, 0.717) is 6.04 Å². The van der Waals surface area contributed by atoms with Gasteiger partial charge in [-0.05, 0) is 49.9 Å². The first-order chi connectivity index (χ1) is 9.69. The second-order valence-corrected chi connectivity index (χ2v) is 6.41. The Bertz CT molecular complexity index is 450. The second-order valence-electron chi connectivity index (χ2n) is 5.49. The van der Waals surface area contributed by atoms with E-state index >= 15 is 0 Å². The van der Waals surface area contributed by atoms with Gasteiger partial charge in [0.1, 0.15) is 0 Å². The lowest BCUT2D eigenvalue weighted by atomic mass is 9.95. The van der Waals surface area contributed by atoms with Gasteiger partial charge in [0.15, 0.2) is 0 Å². The van der Waals surface area contributed by atoms with Gasteiger partial charge in [0.05, 0.1) is 0 Å². The van der Waals surface area contributed by atoms with Crippen LogP contribution in [0.25, 0.3) is 0 Å². The molecule has 0 spiro atoms. The van der Waals surface area contributed by atoms with E-state index in [0.717, 1.165) is 43.2 Å². The van der Waals surface area contributed by atoms with Crippen molar-refractivity contribution in [2.45, 2.75) is 38.6 Å². The fourth-order valence-electron chi connectivity index (χ4n) is 2.66. The van der Waals surface area contributed by atoms with Crippen molar-refractivity contribution in [2.24, 2.45) is 5.92 Å². The summed E-state index contributed by atoms with van der Waals surface area (Å²) in [5, 5.41) is 6.52. The van der Waals surface area contributed by atoms with Gasteiger partial charge in [-0.15, -0.1) is 12.4 Å². The van der Waals surface area contributed by atoms with Gasteiger partial charge in [-0.1, -0.05) is 35.0 Å². The molecule has 1 aliphatic heterocycles. The molecule has 1 fully saturated rings. The molecule has 2 rings (SSSR count). The molecule has 1 saturated heterocycles. The van der Waals surface area contributed by atoms with E-state index in [1.165, 1.54) is 5.56 Å². The number of hydrogen-bond donors (Lipinski definition) is 2. The summed E-state index contributed by atoms with van der Waals surface area (Å²) in [7, 11) is 0. The fourth-order valence-corrected chi connectivity index (χ4v) is 3.11. The van der Waals surface area contributed by atoms with Crippen molar-refractivity contribution in [3.05, 3.63) is 34.3 Å². The minimum atomic E-state index is 0. The van der Waals surface area contributed by atoms with Crippen LogP contribution in [0.3, 0.4) is 0 Å². The average Bonchev–Trinajstić information content (AvgIpc) is 2.46. The second kappa shape index (κ2) is 9.44. The predicted octanol–water partition coefficient (Wildman–Crippen LogP) is 3.31. The highest BCUT2D eigenvalue weighted by Gasteiger charge is 2.21. The van der Waals surface area contributed by atoms with E-state index in [1.54, 1.807) is 0 Å². The molecule has 21 heavy (non-hydrogen) atoms. The molecule has 1 aliphatic rings. The molecular formula is C16H24BrClN2O. The van der Waals surface area contributed by atoms with Crippen molar-refractivity contribution in [3.8, 4) is 0 Å². The van der Waals surface area contributed by atoms with Crippen LogP contribution in [0.1, 0.15) is 31.7 Å². The Morgan fingerprint density at radius 1 is 1.52 bits per heavy atom. The van der Waals surface area contributed by atoms with Gasteiger partial charge in [-0.3, -0.25) is 4.79 Å². The molecule has 1 aromatic carbocycles. The molecule has 1 heterocycles. The normalized spacial score (nSPS) is 19.4. The minimum Gasteiger partial charge on any atom is -0.352 e. The molecule has 0 radical (unpaired) electrons. The molecule has 2 atom stereocenters. The van der Waals surface area contributed by atoms with Gasteiger partial charge >= 0.3 is 0 Å². The van der Waals surface area contributed by atoms with Crippen LogP contribution in [0.4, 0.5) is 0 Å². The number of nitrogens with one attached hydrogen (secondary N) is 2. The number of hydrogen-bond acceptors (Lipinski definition) is 2. The average molecular weight is 376 g/mol. The van der Waals surface area contributed by atoms with Crippen molar-refractivity contribution >= 4 is 34.2 Å². The molecule has 5 heteroatoms. The van der Waals surface area contributed by atoms with Gasteiger partial charge in [0.25, 0.3) is 0 Å². The van der Waals surface area contributed by atoms with Crippen LogP contribution < -0.4 is 10.6 Å². The predicted molar refractivity (Wildman–Crippen MR) is 92.9 cm³/mol. The maximum atomic E-state index is 12.4. The van der Waals surface area contributed by atoms with Crippen LogP contribution in [0.2, 0.25) is 0 Å². The van der Waals surface area contributed by atoms with Crippen molar-refractivity contribution in [2.75, 3.05) is 13.1 Å². The first kappa shape index (κ1) is 18.5. The minimum absolute atomic E-state index is 0. The Morgan fingerprint density at radius 2 is 2.33 bits per heavy atom. The van der Waals surface area contributed by atoms with Crippen LogP contribution in [-0.4, -0.2) is 25.0 Å². The standard InChI is InChI=1S/C16H23BrN2O.ClH/c1-2-13(9-12-5-3-6-14(17)10-12)16(20)19-15-7-4-8-18-11-15;/h3,5-6,10,13,15,18H,2,4,7-9,11H2,1H3,(H,19,20);1H. The number of carbonyl (C=O) groups excluding carboxylic acids is 1. The zero-order valence-electron chi connectivity index (χ0n) is 12.4. The molecule has 2 unspecified atom stereocenters. The van der Waals surface area contributed by atoms with Crippen LogP contribution in [0.5, 0.6) is 0 Å². The van der Waals surface area contributed by atoms with Crippen molar-refractivity contribution in [1.82, 2.24) is 10.6 Å². The molecule has 118 valence electrons. The third kappa shape index (κ3) is 5.97. The van der Waals surface area contributed by atoms with Crippen LogP contribution >= 0.6 is 28.3 Å². The van der Waals surface area contributed by atoms with E-state index in [-0.39, 0.29) is 24.2 Å². The molecule has 3 nitrogen and oxygen atoms in total. The lowest BCUT2D eigenvalue weighted by molar-refractivity contribution is -0.125. The molecule has 0 aromatic heterocycles. The third-order valence-corrected chi connectivity index (χ3v) is 4.37. The van der Waals surface area contributed by atoms with Gasteiger partial charge in [-0.25, -0.2) is 0 Å². The maximum absolute atomic E-state index is 12.4. The van der Waals surface area contributed by atoms with E-state index in [1.807, 2.05) is 12.1 Å². The third-order valence-electron chi connectivity index (χ3n) is 3.88. The summed E-state index contributed by atoms with van der Waals surface area (Å²) in [5.41, 5.74) is 1.21. The topological polar surface area (TPSA) is 41.1 Å². The maximum Gasteiger partial charge on any atom is 0.223 e. The fraction of sp³-hybridized carbons (Fsp3) is 0.562. The molecular weight excluding hydrogens is 352 g/mol. The van der Waals surface area contributed by atoms with Gasteiger partial charge in [0, 0.05) is 23.0 Å². The summed E-state index contributed by atoms with van der Waals surface area (Å²) in [6.45, 7) is 4.06. The number of rotatable bonds is 5. The summed E-state index contributed by atoms with van der Waals surface area (Å²) in [6.07, 6.45) is 3.92. The zero-order valence-corrected chi connectivity index (χ0v) is 14.8. The summed E-state index contributed by atoms with van der Waals surface area (Å²) in [6, 6.07) is 8.52. The summed E-state index contributed by atoms with van der Waals surface area (Å²) in [5.74, 6) is 0.257. The van der Waals surface area contributed by atoms with E-state index < -0.39 is 0 Å². The van der Waals surface area contributed by atoms with Crippen molar-refractivity contribution in [1.29, 1.82) is 0 Å². The Labute approximate surface area is 141 Å². The quantitative estimate of drug-likeness (QED) is 0.829. The van der Waals surface area contributed by atoms with Crippen LogP contribution in [0.15, 0.2) is 28.7 Å². The molecule has 0 bridgehead atoms. The summed E-state index contributed by atoms with van der Waals surface area (Å²) >= 11 is 3.48. The SMILES string of the molecule is CCC(Cc1cccc(Br)c1)C(=O)NC1CCCNC1.Cl. The monoisotopic (exact) mass is 374 g/mol. The first-order valence-corrected chi connectivity index (χ1v) is 8.24. The summed E-state index contributed by atoms with van der Waals surface area (Å²) < 4.78 is 1.07. The summed E-state index contributed by atoms with van der Waals surface area (Å²) in [4.78, 5) is 12.4. The van der Waals surface area contributed by atoms with E-state index in [9.17, 15) is 4.79 Å². The molecule has 1 aromatic rings. The Hall–Kier alpha value is -0.580. The van der Waals surface area contributed by atoms with E-state index in [4.69, 9.17) is 0 Å². The van der Waals surface area contributed by atoms with Crippen molar-refractivity contribution < 1.29 is 4.79 Å². The van der Waals surface area contributed by atoms with Crippen LogP contribution in [0, 0.1) is 5.92 Å². The number of piperidine rings is 1. The highest BCUT2D eigenvalue weighted by atomic mass is 79.9. The zero-order chi connectivity index (χ0) is 14.4. The molecule has 1 amide bonds. The highest BCUT2D eigenvalue weighted by molar-refractivity contribution is 9.10.